The van der Waals surface area contributed by atoms with Crippen molar-refractivity contribution in [2.24, 2.45) is 0 Å². The lowest BCUT2D eigenvalue weighted by molar-refractivity contribution is 0.492. The third-order valence-corrected chi connectivity index (χ3v) is 3.49. The predicted octanol–water partition coefficient (Wildman–Crippen LogP) is 2.60. The second-order valence-electron chi connectivity index (χ2n) is 4.73. The Bertz CT molecular complexity index is 493. The van der Waals surface area contributed by atoms with Crippen LogP contribution in [0.1, 0.15) is 29.2 Å². The zero-order valence-electron chi connectivity index (χ0n) is 10.4. The standard InChI is InChI=1S/C15H18N2O/c1-2-4-14-13(3-1)10-16-7-5-15(14)17-9-12-6-8-18-11-12/h1-4,6,8,11,15-17H,5,7,9-10H2. The predicted molar refractivity (Wildman–Crippen MR) is 71.1 cm³/mol. The minimum Gasteiger partial charge on any atom is -0.472 e. The van der Waals surface area contributed by atoms with Gasteiger partial charge >= 0.3 is 0 Å². The maximum absolute atomic E-state index is 5.10. The summed E-state index contributed by atoms with van der Waals surface area (Å²) < 4.78 is 5.10. The number of rotatable bonds is 3. The number of hydrogen-bond acceptors (Lipinski definition) is 3. The molecular weight excluding hydrogens is 224 g/mol. The normalized spacial score (nSPS) is 19.2. The average Bonchev–Trinajstić information content (AvgIpc) is 2.84. The van der Waals surface area contributed by atoms with Crippen LogP contribution in [-0.4, -0.2) is 6.54 Å². The van der Waals surface area contributed by atoms with Crippen LogP contribution in [0.2, 0.25) is 0 Å². The van der Waals surface area contributed by atoms with E-state index < -0.39 is 0 Å². The van der Waals surface area contributed by atoms with E-state index in [9.17, 15) is 0 Å². The van der Waals surface area contributed by atoms with Crippen molar-refractivity contribution in [2.45, 2.75) is 25.6 Å². The first-order chi connectivity index (χ1) is 8.93. The molecule has 1 unspecified atom stereocenters. The first-order valence-electron chi connectivity index (χ1n) is 6.46. The molecule has 0 saturated carbocycles. The molecule has 0 fully saturated rings. The van der Waals surface area contributed by atoms with E-state index in [2.05, 4.69) is 34.9 Å². The Hall–Kier alpha value is -1.58. The molecule has 3 nitrogen and oxygen atoms in total. The second-order valence-corrected chi connectivity index (χ2v) is 4.73. The fourth-order valence-electron chi connectivity index (χ4n) is 2.51. The molecule has 3 rings (SSSR count). The lowest BCUT2D eigenvalue weighted by Crippen LogP contribution is -2.22. The Morgan fingerprint density at radius 3 is 3.11 bits per heavy atom. The zero-order valence-corrected chi connectivity index (χ0v) is 10.4. The van der Waals surface area contributed by atoms with Crippen molar-refractivity contribution in [3.63, 3.8) is 0 Å². The topological polar surface area (TPSA) is 37.2 Å². The molecule has 1 aliphatic heterocycles. The van der Waals surface area contributed by atoms with Gasteiger partial charge in [-0.2, -0.15) is 0 Å². The first kappa shape index (κ1) is 11.5. The lowest BCUT2D eigenvalue weighted by atomic mass is 9.99. The maximum atomic E-state index is 5.10. The lowest BCUT2D eigenvalue weighted by Gasteiger charge is -2.18. The smallest absolute Gasteiger partial charge is 0.0947 e. The van der Waals surface area contributed by atoms with Gasteiger partial charge in [-0.15, -0.1) is 0 Å². The highest BCUT2D eigenvalue weighted by Crippen LogP contribution is 2.23. The molecule has 1 atom stereocenters. The third-order valence-electron chi connectivity index (χ3n) is 3.49. The number of nitrogens with one attached hydrogen (secondary N) is 2. The summed E-state index contributed by atoms with van der Waals surface area (Å²) in [5, 5.41) is 7.09. The fourth-order valence-corrected chi connectivity index (χ4v) is 2.51. The summed E-state index contributed by atoms with van der Waals surface area (Å²) >= 11 is 0. The monoisotopic (exact) mass is 242 g/mol. The second kappa shape index (κ2) is 5.38. The van der Waals surface area contributed by atoms with Crippen molar-refractivity contribution in [1.82, 2.24) is 10.6 Å². The largest absolute Gasteiger partial charge is 0.472 e. The molecule has 0 radical (unpaired) electrons. The molecule has 0 spiro atoms. The van der Waals surface area contributed by atoms with Gasteiger partial charge in [-0.05, 0) is 30.2 Å². The number of benzene rings is 1. The van der Waals surface area contributed by atoms with Crippen molar-refractivity contribution in [1.29, 1.82) is 0 Å². The van der Waals surface area contributed by atoms with E-state index in [1.165, 1.54) is 16.7 Å². The van der Waals surface area contributed by atoms with Gasteiger partial charge in [0.1, 0.15) is 0 Å². The van der Waals surface area contributed by atoms with Crippen molar-refractivity contribution in [2.75, 3.05) is 6.54 Å². The summed E-state index contributed by atoms with van der Waals surface area (Å²) in [4.78, 5) is 0. The Kier molecular flexibility index (Phi) is 3.44. The molecule has 2 heterocycles. The number of hydrogen-bond donors (Lipinski definition) is 2. The molecule has 0 bridgehead atoms. The molecule has 1 aromatic heterocycles. The Morgan fingerprint density at radius 2 is 2.22 bits per heavy atom. The van der Waals surface area contributed by atoms with Crippen LogP contribution in [0.15, 0.2) is 47.3 Å². The first-order valence-corrected chi connectivity index (χ1v) is 6.46. The summed E-state index contributed by atoms with van der Waals surface area (Å²) in [6.07, 6.45) is 4.64. The van der Waals surface area contributed by atoms with E-state index in [0.29, 0.717) is 6.04 Å². The van der Waals surface area contributed by atoms with Gasteiger partial charge in [0.2, 0.25) is 0 Å². The molecule has 0 saturated heterocycles. The minimum absolute atomic E-state index is 0.422. The van der Waals surface area contributed by atoms with Gasteiger partial charge in [-0.25, -0.2) is 0 Å². The van der Waals surface area contributed by atoms with E-state index in [1.807, 2.05) is 6.07 Å². The highest BCUT2D eigenvalue weighted by Gasteiger charge is 2.17. The van der Waals surface area contributed by atoms with Crippen LogP contribution in [0.3, 0.4) is 0 Å². The number of fused-ring (bicyclic) bond motifs is 1. The van der Waals surface area contributed by atoms with Crippen LogP contribution in [0.5, 0.6) is 0 Å². The van der Waals surface area contributed by atoms with E-state index >= 15 is 0 Å². The molecule has 3 heteroatoms. The van der Waals surface area contributed by atoms with Crippen LogP contribution < -0.4 is 10.6 Å². The Balaban J connectivity index is 1.75. The van der Waals surface area contributed by atoms with E-state index in [1.54, 1.807) is 12.5 Å². The van der Waals surface area contributed by atoms with Gasteiger partial charge in [0.25, 0.3) is 0 Å². The summed E-state index contributed by atoms with van der Waals surface area (Å²) in [7, 11) is 0. The molecule has 0 aliphatic carbocycles. The van der Waals surface area contributed by atoms with E-state index in [0.717, 1.165) is 26.1 Å². The molecule has 0 amide bonds. The van der Waals surface area contributed by atoms with Crippen molar-refractivity contribution in [3.8, 4) is 0 Å². The number of furan rings is 1. The summed E-state index contributed by atoms with van der Waals surface area (Å²) in [5.41, 5.74) is 4.02. The molecule has 2 aromatic rings. The van der Waals surface area contributed by atoms with Gasteiger partial charge in [0.05, 0.1) is 12.5 Å². The van der Waals surface area contributed by atoms with Crippen LogP contribution in [0, 0.1) is 0 Å². The summed E-state index contributed by atoms with van der Waals surface area (Å²) in [6, 6.07) is 11.1. The van der Waals surface area contributed by atoms with Crippen LogP contribution in [0.4, 0.5) is 0 Å². The van der Waals surface area contributed by atoms with Crippen LogP contribution in [0.25, 0.3) is 0 Å². The summed E-state index contributed by atoms with van der Waals surface area (Å²) in [5.74, 6) is 0. The fraction of sp³-hybridized carbons (Fsp3) is 0.333. The molecule has 2 N–H and O–H groups in total. The maximum Gasteiger partial charge on any atom is 0.0947 e. The Morgan fingerprint density at radius 1 is 1.28 bits per heavy atom. The quantitative estimate of drug-likeness (QED) is 0.868. The summed E-state index contributed by atoms with van der Waals surface area (Å²) in [6.45, 7) is 2.88. The zero-order chi connectivity index (χ0) is 12.2. The van der Waals surface area contributed by atoms with Gasteiger partial charge in [-0.1, -0.05) is 24.3 Å². The van der Waals surface area contributed by atoms with Crippen molar-refractivity contribution < 1.29 is 4.42 Å². The highest BCUT2D eigenvalue weighted by atomic mass is 16.3. The van der Waals surface area contributed by atoms with Gasteiger partial charge in [0, 0.05) is 24.7 Å². The third kappa shape index (κ3) is 2.47. The molecule has 1 aromatic carbocycles. The van der Waals surface area contributed by atoms with Crippen LogP contribution >= 0.6 is 0 Å². The molecule has 94 valence electrons. The van der Waals surface area contributed by atoms with E-state index in [-0.39, 0.29) is 0 Å². The SMILES string of the molecule is c1ccc2c(c1)CNCCC2NCc1ccoc1. The van der Waals surface area contributed by atoms with Gasteiger partial charge in [-0.3, -0.25) is 0 Å². The molecule has 1 aliphatic rings. The highest BCUT2D eigenvalue weighted by molar-refractivity contribution is 5.31. The molecular formula is C15H18N2O. The van der Waals surface area contributed by atoms with Crippen LogP contribution in [-0.2, 0) is 13.1 Å². The average molecular weight is 242 g/mol. The van der Waals surface area contributed by atoms with Gasteiger partial charge in [0.15, 0.2) is 0 Å². The minimum atomic E-state index is 0.422. The Labute approximate surface area is 107 Å². The van der Waals surface area contributed by atoms with Crippen molar-refractivity contribution >= 4 is 0 Å². The van der Waals surface area contributed by atoms with E-state index in [4.69, 9.17) is 4.42 Å². The van der Waals surface area contributed by atoms with Gasteiger partial charge < -0.3 is 15.1 Å². The molecule has 18 heavy (non-hydrogen) atoms. The van der Waals surface area contributed by atoms with Crippen molar-refractivity contribution in [3.05, 3.63) is 59.5 Å².